The summed E-state index contributed by atoms with van der Waals surface area (Å²) >= 11 is 0. The number of nitrogens with one attached hydrogen (secondary N) is 1. The van der Waals surface area contributed by atoms with Gasteiger partial charge in [-0.1, -0.05) is 6.08 Å². The lowest BCUT2D eigenvalue weighted by atomic mass is 10.3. The van der Waals surface area contributed by atoms with E-state index in [1.54, 1.807) is 24.4 Å². The molecule has 3 heterocycles. The molecular formula is C26H33N5O6S. The molecule has 2 saturated heterocycles. The lowest BCUT2D eigenvalue weighted by molar-refractivity contribution is -0.134. The monoisotopic (exact) mass is 543 g/mol. The van der Waals surface area contributed by atoms with Crippen molar-refractivity contribution < 1.29 is 28.2 Å². The molecule has 3 N–H and O–H groups in total. The van der Waals surface area contributed by atoms with Crippen LogP contribution in [0.5, 0.6) is 0 Å². The Morgan fingerprint density at radius 2 is 1.50 bits per heavy atom. The Morgan fingerprint density at radius 3 is 2.00 bits per heavy atom. The average Bonchev–Trinajstić information content (AvgIpc) is 3.44. The lowest BCUT2D eigenvalue weighted by Gasteiger charge is -2.34. The fourth-order valence-corrected chi connectivity index (χ4v) is 5.19. The predicted octanol–water partition coefficient (Wildman–Crippen LogP) is 2.50. The fraction of sp³-hybridized carbons (Fsp3) is 0.346. The standard InChI is InChI=1S/C22H29N5O2S.C4H4O4/c1-2-11-25-14-16-27(17-15-25)22-10-5-19(18-23-22)24-30(28,29)21-8-6-20(7-9-21)26-12-3-4-13-26;5-3(6)1-2-4(7)8/h2,5-10,18,24H,1,3-4,11-17H2;1-2H,(H,5,6)(H,7,8). The minimum atomic E-state index is -3.64. The van der Waals surface area contributed by atoms with Crippen LogP contribution in [0.1, 0.15) is 12.8 Å². The van der Waals surface area contributed by atoms with Crippen LogP contribution >= 0.6 is 0 Å². The van der Waals surface area contributed by atoms with Gasteiger partial charge in [0, 0.05) is 63.7 Å². The van der Waals surface area contributed by atoms with Crippen molar-refractivity contribution in [3.05, 3.63) is 67.4 Å². The van der Waals surface area contributed by atoms with Crippen molar-refractivity contribution in [1.82, 2.24) is 9.88 Å². The third-order valence-electron chi connectivity index (χ3n) is 6.07. The number of hydrogen-bond donors (Lipinski definition) is 3. The molecule has 2 aromatic rings. The highest BCUT2D eigenvalue weighted by Crippen LogP contribution is 2.24. The maximum Gasteiger partial charge on any atom is 0.328 e. The van der Waals surface area contributed by atoms with Crippen molar-refractivity contribution in [1.29, 1.82) is 0 Å². The number of anilines is 3. The Kier molecular flexibility index (Phi) is 10.3. The summed E-state index contributed by atoms with van der Waals surface area (Å²) in [4.78, 5) is 30.7. The Labute approximate surface area is 222 Å². The average molecular weight is 544 g/mol. The minimum absolute atomic E-state index is 0.257. The number of carbonyl (C=O) groups is 2. The summed E-state index contributed by atoms with van der Waals surface area (Å²) in [5.74, 6) is -1.65. The maximum absolute atomic E-state index is 12.7. The molecule has 2 aliphatic heterocycles. The Hall–Kier alpha value is -3.90. The number of sulfonamides is 1. The van der Waals surface area contributed by atoms with Gasteiger partial charge in [0.25, 0.3) is 10.0 Å². The Balaban J connectivity index is 0.000000436. The summed E-state index contributed by atoms with van der Waals surface area (Å²) in [7, 11) is -3.64. The summed E-state index contributed by atoms with van der Waals surface area (Å²) in [5.41, 5.74) is 1.54. The number of nitrogens with zero attached hydrogens (tertiary/aromatic N) is 4. The molecule has 0 aliphatic carbocycles. The van der Waals surface area contributed by atoms with Gasteiger partial charge in [0.1, 0.15) is 5.82 Å². The molecule has 0 radical (unpaired) electrons. The molecule has 2 aliphatic rings. The van der Waals surface area contributed by atoms with E-state index in [1.807, 2.05) is 24.3 Å². The zero-order valence-corrected chi connectivity index (χ0v) is 21.9. The van der Waals surface area contributed by atoms with E-state index < -0.39 is 22.0 Å². The molecule has 4 rings (SSSR count). The molecule has 12 heteroatoms. The first-order chi connectivity index (χ1) is 18.2. The van der Waals surface area contributed by atoms with Crippen molar-refractivity contribution in [3.63, 3.8) is 0 Å². The van der Waals surface area contributed by atoms with Gasteiger partial charge in [-0.3, -0.25) is 9.62 Å². The SMILES string of the molecule is C=CCN1CCN(c2ccc(NS(=O)(=O)c3ccc(N4CCCC4)cc3)cn2)CC1.O=C(O)C=CC(=O)O. The molecule has 1 aromatic heterocycles. The van der Waals surface area contributed by atoms with E-state index in [1.165, 1.54) is 12.8 Å². The second-order valence-corrected chi connectivity index (χ2v) is 10.5. The van der Waals surface area contributed by atoms with Gasteiger partial charge in [-0.15, -0.1) is 6.58 Å². The number of benzene rings is 1. The van der Waals surface area contributed by atoms with E-state index in [9.17, 15) is 18.0 Å². The number of rotatable bonds is 9. The molecule has 11 nitrogen and oxygen atoms in total. The molecule has 38 heavy (non-hydrogen) atoms. The molecule has 0 atom stereocenters. The van der Waals surface area contributed by atoms with Gasteiger partial charge in [-0.05, 0) is 49.2 Å². The van der Waals surface area contributed by atoms with Crippen LogP contribution in [0.25, 0.3) is 0 Å². The van der Waals surface area contributed by atoms with Crippen LogP contribution in [0.3, 0.4) is 0 Å². The topological polar surface area (TPSA) is 143 Å². The third kappa shape index (κ3) is 8.60. The number of aromatic nitrogens is 1. The van der Waals surface area contributed by atoms with Crippen LogP contribution in [0, 0.1) is 0 Å². The highest BCUT2D eigenvalue weighted by Gasteiger charge is 2.19. The number of piperazine rings is 1. The van der Waals surface area contributed by atoms with Crippen molar-refractivity contribution in [2.45, 2.75) is 17.7 Å². The number of carboxylic acids is 2. The smallest absolute Gasteiger partial charge is 0.328 e. The van der Waals surface area contributed by atoms with Crippen molar-refractivity contribution in [2.24, 2.45) is 0 Å². The predicted molar refractivity (Wildman–Crippen MR) is 146 cm³/mol. The molecule has 0 saturated carbocycles. The van der Waals surface area contributed by atoms with Gasteiger partial charge >= 0.3 is 11.9 Å². The van der Waals surface area contributed by atoms with E-state index in [0.29, 0.717) is 17.8 Å². The van der Waals surface area contributed by atoms with Crippen LogP contribution < -0.4 is 14.5 Å². The summed E-state index contributed by atoms with van der Waals surface area (Å²) in [6.45, 7) is 10.5. The third-order valence-corrected chi connectivity index (χ3v) is 7.47. The second-order valence-electron chi connectivity index (χ2n) is 8.78. The molecular weight excluding hydrogens is 510 g/mol. The van der Waals surface area contributed by atoms with Crippen LogP contribution in [-0.4, -0.2) is 86.3 Å². The zero-order chi connectivity index (χ0) is 27.5. The Bertz CT molecular complexity index is 1200. The fourth-order valence-electron chi connectivity index (χ4n) is 4.14. The minimum Gasteiger partial charge on any atom is -0.478 e. The number of aliphatic carboxylic acids is 2. The highest BCUT2D eigenvalue weighted by atomic mass is 32.2. The normalized spacial score (nSPS) is 16.1. The first kappa shape index (κ1) is 28.7. The van der Waals surface area contributed by atoms with E-state index in [4.69, 9.17) is 10.2 Å². The molecule has 0 bridgehead atoms. The molecule has 0 unspecified atom stereocenters. The van der Waals surface area contributed by atoms with Gasteiger partial charge in [0.15, 0.2) is 0 Å². The van der Waals surface area contributed by atoms with E-state index in [2.05, 4.69) is 31.0 Å². The molecule has 2 fully saturated rings. The number of pyridine rings is 1. The first-order valence-electron chi connectivity index (χ1n) is 12.2. The van der Waals surface area contributed by atoms with E-state index in [-0.39, 0.29) is 4.90 Å². The van der Waals surface area contributed by atoms with Crippen molar-refractivity contribution in [3.8, 4) is 0 Å². The van der Waals surface area contributed by atoms with Crippen molar-refractivity contribution in [2.75, 3.05) is 60.3 Å². The molecule has 0 amide bonds. The summed E-state index contributed by atoms with van der Waals surface area (Å²) in [6.07, 6.45) is 7.01. The van der Waals surface area contributed by atoms with Gasteiger partial charge in [0.2, 0.25) is 0 Å². The molecule has 204 valence electrons. The van der Waals surface area contributed by atoms with Crippen LogP contribution in [0.2, 0.25) is 0 Å². The molecule has 0 spiro atoms. The van der Waals surface area contributed by atoms with Gasteiger partial charge in [-0.2, -0.15) is 0 Å². The number of hydrogen-bond acceptors (Lipinski definition) is 8. The molecule has 1 aromatic carbocycles. The summed E-state index contributed by atoms with van der Waals surface area (Å²) < 4.78 is 28.1. The number of carboxylic acid groups (broad SMARTS) is 2. The van der Waals surface area contributed by atoms with E-state index >= 15 is 0 Å². The van der Waals surface area contributed by atoms with Crippen LogP contribution in [0.15, 0.2) is 72.3 Å². The van der Waals surface area contributed by atoms with Gasteiger partial charge in [0.05, 0.1) is 16.8 Å². The summed E-state index contributed by atoms with van der Waals surface area (Å²) in [6, 6.07) is 10.7. The first-order valence-corrected chi connectivity index (χ1v) is 13.7. The largest absolute Gasteiger partial charge is 0.478 e. The van der Waals surface area contributed by atoms with E-state index in [0.717, 1.165) is 57.3 Å². The maximum atomic E-state index is 12.7. The second kappa shape index (κ2) is 13.6. The summed E-state index contributed by atoms with van der Waals surface area (Å²) in [5, 5.41) is 15.6. The zero-order valence-electron chi connectivity index (χ0n) is 21.1. The quantitative estimate of drug-likeness (QED) is 0.319. The van der Waals surface area contributed by atoms with Gasteiger partial charge in [-0.25, -0.2) is 23.0 Å². The van der Waals surface area contributed by atoms with Crippen molar-refractivity contribution >= 4 is 39.2 Å². The Morgan fingerprint density at radius 1 is 0.895 bits per heavy atom. The lowest BCUT2D eigenvalue weighted by Crippen LogP contribution is -2.46. The highest BCUT2D eigenvalue weighted by molar-refractivity contribution is 7.92. The van der Waals surface area contributed by atoms with Crippen LogP contribution in [0.4, 0.5) is 17.2 Å². The van der Waals surface area contributed by atoms with Gasteiger partial charge < -0.3 is 20.0 Å². The van der Waals surface area contributed by atoms with Crippen LogP contribution in [-0.2, 0) is 19.6 Å².